The molecule has 0 aliphatic rings. The van der Waals surface area contributed by atoms with Crippen LogP contribution >= 0.6 is 11.3 Å². The molecule has 56 heavy (non-hydrogen) atoms. The minimum atomic E-state index is 0.916. The molecule has 3 nitrogen and oxygen atoms in total. The molecule has 4 heteroatoms. The Morgan fingerprint density at radius 2 is 1.07 bits per heavy atom. The zero-order chi connectivity index (χ0) is 36.7. The van der Waals surface area contributed by atoms with Gasteiger partial charge in [-0.25, -0.2) is 0 Å². The van der Waals surface area contributed by atoms with Crippen LogP contribution in [0.1, 0.15) is 0 Å². The van der Waals surface area contributed by atoms with E-state index >= 15 is 0 Å². The van der Waals surface area contributed by atoms with Crippen molar-refractivity contribution in [3.63, 3.8) is 0 Å². The van der Waals surface area contributed by atoms with E-state index in [1.807, 2.05) is 17.4 Å². The van der Waals surface area contributed by atoms with Gasteiger partial charge in [-0.2, -0.15) is 0 Å². The Kier molecular flexibility index (Phi) is 6.80. The number of para-hydroxylation sites is 3. The number of benzene rings is 9. The molecule has 0 unspecified atom stereocenters. The molecule has 0 N–H and O–H groups in total. The van der Waals surface area contributed by atoms with Crippen molar-refractivity contribution >= 4 is 103 Å². The van der Waals surface area contributed by atoms with Crippen molar-refractivity contribution in [3.05, 3.63) is 194 Å². The van der Waals surface area contributed by atoms with Crippen molar-refractivity contribution < 1.29 is 4.42 Å². The van der Waals surface area contributed by atoms with E-state index in [0.29, 0.717) is 0 Å². The molecular formula is C52H32N2OS. The van der Waals surface area contributed by atoms with Crippen molar-refractivity contribution in [1.82, 2.24) is 4.57 Å². The fraction of sp³-hybridized carbons (Fsp3) is 0. The number of hydrogen-bond acceptors (Lipinski definition) is 3. The Bertz CT molecular complexity index is 3470. The first-order chi connectivity index (χ1) is 27.7. The standard InChI is InChI=1S/C52H32N2OS/c1-3-11-36(12-4-1)53(39-25-26-41-40-15-8-10-18-50(40)56-51(41)31-39)38-23-19-33(20-24-38)34-21-27-46-44(29-34)45-32-43-35(30-47(45)54(46)37-13-5-2-6-14-37)22-28-49-52(43)42-16-7-9-17-48(42)55-49/h1-32H. The molecule has 0 aliphatic heterocycles. The highest BCUT2D eigenvalue weighted by Crippen LogP contribution is 2.43. The molecule has 0 aliphatic carbocycles. The molecule has 0 saturated heterocycles. The molecule has 3 aromatic heterocycles. The fourth-order valence-corrected chi connectivity index (χ4v) is 9.92. The lowest BCUT2D eigenvalue weighted by Crippen LogP contribution is -2.09. The van der Waals surface area contributed by atoms with Crippen molar-refractivity contribution in [2.24, 2.45) is 0 Å². The molecule has 12 rings (SSSR count). The summed E-state index contributed by atoms with van der Waals surface area (Å²) in [6, 6.07) is 70.3. The average Bonchev–Trinajstić information content (AvgIpc) is 3.93. The van der Waals surface area contributed by atoms with Crippen LogP contribution in [0.3, 0.4) is 0 Å². The predicted octanol–water partition coefficient (Wildman–Crippen LogP) is 15.3. The number of aromatic nitrogens is 1. The molecule has 262 valence electrons. The first kappa shape index (κ1) is 31.2. The average molecular weight is 733 g/mol. The number of rotatable bonds is 5. The van der Waals surface area contributed by atoms with Gasteiger partial charge in [-0.3, -0.25) is 0 Å². The highest BCUT2D eigenvalue weighted by Gasteiger charge is 2.19. The van der Waals surface area contributed by atoms with Gasteiger partial charge in [0.05, 0.1) is 11.0 Å². The fourth-order valence-electron chi connectivity index (χ4n) is 8.78. The normalized spacial score (nSPS) is 11.9. The first-order valence-electron chi connectivity index (χ1n) is 19.0. The number of anilines is 3. The van der Waals surface area contributed by atoms with Crippen molar-refractivity contribution in [3.8, 4) is 16.8 Å². The van der Waals surface area contributed by atoms with E-state index in [2.05, 4.69) is 198 Å². The smallest absolute Gasteiger partial charge is 0.136 e. The molecule has 0 saturated carbocycles. The molecule has 3 heterocycles. The van der Waals surface area contributed by atoms with Gasteiger partial charge in [0.15, 0.2) is 0 Å². The van der Waals surface area contributed by atoms with Gasteiger partial charge in [0.25, 0.3) is 0 Å². The summed E-state index contributed by atoms with van der Waals surface area (Å²) in [5.41, 5.74) is 11.1. The van der Waals surface area contributed by atoms with E-state index in [4.69, 9.17) is 4.42 Å². The second-order valence-corrected chi connectivity index (χ2v) is 15.6. The first-order valence-corrected chi connectivity index (χ1v) is 19.8. The van der Waals surface area contributed by atoms with Gasteiger partial charge in [-0.1, -0.05) is 103 Å². The molecule has 0 radical (unpaired) electrons. The van der Waals surface area contributed by atoms with Crippen LogP contribution in [0.2, 0.25) is 0 Å². The maximum Gasteiger partial charge on any atom is 0.136 e. The number of thiophene rings is 1. The molecule has 0 spiro atoms. The summed E-state index contributed by atoms with van der Waals surface area (Å²) in [7, 11) is 0. The molecule has 0 bridgehead atoms. The molecular weight excluding hydrogens is 701 g/mol. The largest absolute Gasteiger partial charge is 0.456 e. The molecule has 0 fully saturated rings. The van der Waals surface area contributed by atoms with Crippen molar-refractivity contribution in [2.75, 3.05) is 4.90 Å². The summed E-state index contributed by atoms with van der Waals surface area (Å²) in [6.45, 7) is 0. The molecule has 9 aromatic carbocycles. The lowest BCUT2D eigenvalue weighted by molar-refractivity contribution is 0.669. The molecule has 12 aromatic rings. The second-order valence-electron chi connectivity index (χ2n) is 14.5. The second kappa shape index (κ2) is 12.2. The predicted molar refractivity (Wildman–Crippen MR) is 239 cm³/mol. The van der Waals surface area contributed by atoms with E-state index in [-0.39, 0.29) is 0 Å². The third-order valence-electron chi connectivity index (χ3n) is 11.4. The summed E-state index contributed by atoms with van der Waals surface area (Å²) in [4.78, 5) is 2.36. The number of hydrogen-bond donors (Lipinski definition) is 0. The quantitative estimate of drug-likeness (QED) is 0.176. The lowest BCUT2D eigenvalue weighted by atomic mass is 9.99. The summed E-state index contributed by atoms with van der Waals surface area (Å²) < 4.78 is 11.3. The van der Waals surface area contributed by atoms with Crippen LogP contribution in [0, 0.1) is 0 Å². The summed E-state index contributed by atoms with van der Waals surface area (Å²) >= 11 is 1.85. The Balaban J connectivity index is 1.02. The Morgan fingerprint density at radius 1 is 0.393 bits per heavy atom. The third kappa shape index (κ3) is 4.76. The minimum absolute atomic E-state index is 0.916. The Hall–Kier alpha value is -7.14. The van der Waals surface area contributed by atoms with Gasteiger partial charge in [-0.05, 0) is 113 Å². The highest BCUT2D eigenvalue weighted by atomic mass is 32.1. The van der Waals surface area contributed by atoms with Crippen LogP contribution in [-0.2, 0) is 0 Å². The Morgan fingerprint density at radius 3 is 1.93 bits per heavy atom. The van der Waals surface area contributed by atoms with Gasteiger partial charge >= 0.3 is 0 Å². The van der Waals surface area contributed by atoms with Crippen LogP contribution in [0.4, 0.5) is 17.1 Å². The maximum atomic E-state index is 6.32. The number of furan rings is 1. The number of nitrogens with zero attached hydrogens (tertiary/aromatic N) is 2. The van der Waals surface area contributed by atoms with Crippen LogP contribution in [0.5, 0.6) is 0 Å². The van der Waals surface area contributed by atoms with E-state index in [1.54, 1.807) is 0 Å². The van der Waals surface area contributed by atoms with E-state index in [1.165, 1.54) is 69.3 Å². The van der Waals surface area contributed by atoms with Gasteiger partial charge in [0, 0.05) is 64.5 Å². The van der Waals surface area contributed by atoms with Gasteiger partial charge in [0.1, 0.15) is 11.2 Å². The van der Waals surface area contributed by atoms with Crippen molar-refractivity contribution in [2.45, 2.75) is 0 Å². The maximum absolute atomic E-state index is 6.32. The topological polar surface area (TPSA) is 21.3 Å². The molecule has 0 atom stereocenters. The SMILES string of the molecule is c1ccc(N(c2ccc(-c3ccc4c(c3)c3cc5c(ccc6oc7ccccc7c65)cc3n4-c3ccccc3)cc2)c2ccc3c(c2)sc2ccccc23)cc1. The summed E-state index contributed by atoms with van der Waals surface area (Å²) in [5, 5.41) is 9.78. The zero-order valence-corrected chi connectivity index (χ0v) is 31.0. The van der Waals surface area contributed by atoms with Gasteiger partial charge in [-0.15, -0.1) is 11.3 Å². The number of fused-ring (bicyclic) bond motifs is 11. The molecule has 0 amide bonds. The minimum Gasteiger partial charge on any atom is -0.456 e. The summed E-state index contributed by atoms with van der Waals surface area (Å²) in [6.07, 6.45) is 0. The highest BCUT2D eigenvalue weighted by molar-refractivity contribution is 7.25. The lowest BCUT2D eigenvalue weighted by Gasteiger charge is -2.25. The Labute approximate surface area is 326 Å². The van der Waals surface area contributed by atoms with E-state index in [0.717, 1.165) is 39.3 Å². The van der Waals surface area contributed by atoms with Crippen molar-refractivity contribution in [1.29, 1.82) is 0 Å². The van der Waals surface area contributed by atoms with Crippen LogP contribution in [0.25, 0.3) is 91.5 Å². The zero-order valence-electron chi connectivity index (χ0n) is 30.2. The van der Waals surface area contributed by atoms with Crippen LogP contribution < -0.4 is 4.90 Å². The summed E-state index contributed by atoms with van der Waals surface area (Å²) in [5.74, 6) is 0. The van der Waals surface area contributed by atoms with Crippen LogP contribution in [0.15, 0.2) is 199 Å². The van der Waals surface area contributed by atoms with Gasteiger partial charge < -0.3 is 13.9 Å². The van der Waals surface area contributed by atoms with E-state index in [9.17, 15) is 0 Å². The van der Waals surface area contributed by atoms with Gasteiger partial charge in [0.2, 0.25) is 0 Å². The monoisotopic (exact) mass is 732 g/mol. The third-order valence-corrected chi connectivity index (χ3v) is 12.5. The van der Waals surface area contributed by atoms with Crippen LogP contribution in [-0.4, -0.2) is 4.57 Å². The van der Waals surface area contributed by atoms with E-state index < -0.39 is 0 Å².